The summed E-state index contributed by atoms with van der Waals surface area (Å²) in [4.78, 5) is 38.6. The number of fused-ring (bicyclic) bond motifs is 1. The molecule has 1 heterocycles. The van der Waals surface area contributed by atoms with Crippen LogP contribution in [-0.4, -0.2) is 28.7 Å². The molecule has 1 aliphatic heterocycles. The van der Waals surface area contributed by atoms with Crippen molar-refractivity contribution < 1.29 is 19.5 Å². The summed E-state index contributed by atoms with van der Waals surface area (Å²) in [6, 6.07) is 10.2. The smallest absolute Gasteiger partial charge is 0.300 e. The van der Waals surface area contributed by atoms with Gasteiger partial charge in [0, 0.05) is 10.2 Å². The Labute approximate surface area is 152 Å². The molecule has 6 nitrogen and oxygen atoms in total. The number of hydrogen-bond acceptors (Lipinski definition) is 4. The first-order valence-corrected chi connectivity index (χ1v) is 8.49. The molecule has 0 radical (unpaired) electrons. The van der Waals surface area contributed by atoms with E-state index in [1.54, 1.807) is 37.3 Å². The van der Waals surface area contributed by atoms with Crippen LogP contribution >= 0.6 is 15.9 Å². The second-order valence-corrected chi connectivity index (χ2v) is 6.54. The Hall–Kier alpha value is -2.67. The highest BCUT2D eigenvalue weighted by Crippen LogP contribution is 2.33. The van der Waals surface area contributed by atoms with Crippen LogP contribution in [0.3, 0.4) is 0 Å². The second kappa shape index (κ2) is 6.68. The molecule has 0 fully saturated rings. The summed E-state index contributed by atoms with van der Waals surface area (Å²) in [7, 11) is 0. The zero-order chi connectivity index (χ0) is 18.1. The van der Waals surface area contributed by atoms with Crippen molar-refractivity contribution in [3.05, 3.63) is 52.5 Å². The number of phenols is 1. The van der Waals surface area contributed by atoms with Crippen LogP contribution in [0.2, 0.25) is 0 Å². The summed E-state index contributed by atoms with van der Waals surface area (Å²) in [6.07, 6.45) is 0.346. The maximum Gasteiger partial charge on any atom is 0.300 e. The van der Waals surface area contributed by atoms with Crippen molar-refractivity contribution in [1.82, 2.24) is 0 Å². The van der Waals surface area contributed by atoms with Gasteiger partial charge in [-0.3, -0.25) is 19.3 Å². The lowest BCUT2D eigenvalue weighted by atomic mass is 10.1. The van der Waals surface area contributed by atoms with E-state index in [2.05, 4.69) is 21.2 Å². The zero-order valence-electron chi connectivity index (χ0n) is 13.3. The summed E-state index contributed by atoms with van der Waals surface area (Å²) in [5, 5.41) is 12.0. The number of carbonyl (C=O) groups is 3. The molecule has 1 unspecified atom stereocenters. The average molecular weight is 403 g/mol. The molecule has 0 saturated carbocycles. The van der Waals surface area contributed by atoms with E-state index in [0.717, 1.165) is 0 Å². The summed E-state index contributed by atoms with van der Waals surface area (Å²) >= 11 is 3.28. The van der Waals surface area contributed by atoms with Gasteiger partial charge in [0.25, 0.3) is 11.7 Å². The first-order valence-electron chi connectivity index (χ1n) is 7.69. The second-order valence-electron chi connectivity index (χ2n) is 5.63. The highest BCUT2D eigenvalue weighted by atomic mass is 79.9. The lowest BCUT2D eigenvalue weighted by molar-refractivity contribution is -0.121. The number of aromatic hydroxyl groups is 1. The number of rotatable bonds is 4. The van der Waals surface area contributed by atoms with Gasteiger partial charge in [-0.2, -0.15) is 0 Å². The number of amides is 2. The minimum absolute atomic E-state index is 0.0878. The van der Waals surface area contributed by atoms with Gasteiger partial charge in [0.05, 0.1) is 11.3 Å². The molecule has 1 atom stereocenters. The van der Waals surface area contributed by atoms with Crippen molar-refractivity contribution in [1.29, 1.82) is 0 Å². The molecular formula is C18H15BrN2O4. The first kappa shape index (κ1) is 17.2. The lowest BCUT2D eigenvalue weighted by Crippen LogP contribution is -2.46. The maximum atomic E-state index is 12.7. The maximum absolute atomic E-state index is 12.7. The molecular weight excluding hydrogens is 388 g/mol. The minimum Gasteiger partial charge on any atom is -0.508 e. The number of hydrogen-bond donors (Lipinski definition) is 2. The van der Waals surface area contributed by atoms with E-state index in [0.29, 0.717) is 22.3 Å². The Morgan fingerprint density at radius 3 is 2.52 bits per heavy atom. The molecule has 0 bridgehead atoms. The minimum atomic E-state index is -0.812. The number of anilines is 2. The Bertz CT molecular complexity index is 864. The molecule has 2 amide bonds. The van der Waals surface area contributed by atoms with E-state index in [1.807, 2.05) is 0 Å². The largest absolute Gasteiger partial charge is 0.508 e. The fourth-order valence-corrected chi connectivity index (χ4v) is 3.16. The van der Waals surface area contributed by atoms with E-state index in [4.69, 9.17) is 0 Å². The van der Waals surface area contributed by atoms with Gasteiger partial charge in [0.2, 0.25) is 5.91 Å². The molecule has 0 saturated heterocycles. The number of nitrogens with one attached hydrogen (secondary N) is 1. The lowest BCUT2D eigenvalue weighted by Gasteiger charge is -2.26. The van der Waals surface area contributed by atoms with Crippen LogP contribution in [-0.2, 0) is 9.59 Å². The number of ketones is 1. The number of carbonyl (C=O) groups excluding carboxylic acids is 3. The summed E-state index contributed by atoms with van der Waals surface area (Å²) in [5.41, 5.74) is 1.22. The van der Waals surface area contributed by atoms with Gasteiger partial charge in [0.15, 0.2) is 0 Å². The van der Waals surface area contributed by atoms with Gasteiger partial charge < -0.3 is 10.4 Å². The van der Waals surface area contributed by atoms with Crippen molar-refractivity contribution in [3.63, 3.8) is 0 Å². The fourth-order valence-electron chi connectivity index (χ4n) is 2.80. The Morgan fingerprint density at radius 2 is 1.88 bits per heavy atom. The molecule has 7 heteroatoms. The van der Waals surface area contributed by atoms with Crippen molar-refractivity contribution in [2.24, 2.45) is 0 Å². The summed E-state index contributed by atoms with van der Waals surface area (Å²) in [6.45, 7) is 1.77. The molecule has 2 aromatic carbocycles. The van der Waals surface area contributed by atoms with Gasteiger partial charge in [-0.05, 0) is 48.9 Å². The normalized spacial score (nSPS) is 14.4. The number of nitrogens with zero attached hydrogens (tertiary/aromatic N) is 1. The molecule has 1 aliphatic rings. The van der Waals surface area contributed by atoms with Crippen LogP contribution in [0.1, 0.15) is 23.7 Å². The SMILES string of the molecule is CCC(C(=O)Nc1ccc(O)cc1)N1C(=O)C(=O)c2cc(Br)ccc21. The van der Waals surface area contributed by atoms with E-state index >= 15 is 0 Å². The van der Waals surface area contributed by atoms with Gasteiger partial charge in [-0.15, -0.1) is 0 Å². The highest BCUT2D eigenvalue weighted by Gasteiger charge is 2.41. The number of Topliss-reactive ketones (excluding diaryl/α,β-unsaturated/α-hetero) is 1. The van der Waals surface area contributed by atoms with Crippen molar-refractivity contribution in [3.8, 4) is 5.75 Å². The van der Waals surface area contributed by atoms with Gasteiger partial charge in [-0.25, -0.2) is 0 Å². The quantitative estimate of drug-likeness (QED) is 0.607. The highest BCUT2D eigenvalue weighted by molar-refractivity contribution is 9.10. The number of benzene rings is 2. The van der Waals surface area contributed by atoms with Crippen LogP contribution in [0.25, 0.3) is 0 Å². The standard InChI is InChI=1S/C18H15BrN2O4/c1-2-14(17(24)20-11-4-6-12(22)7-5-11)21-15-8-3-10(19)9-13(15)16(23)18(21)25/h3-9,14,22H,2H2,1H3,(H,20,24). The Morgan fingerprint density at radius 1 is 1.20 bits per heavy atom. The number of halogens is 1. The first-order chi connectivity index (χ1) is 11.9. The van der Waals surface area contributed by atoms with E-state index in [9.17, 15) is 19.5 Å². The zero-order valence-corrected chi connectivity index (χ0v) is 14.9. The third-order valence-corrected chi connectivity index (χ3v) is 4.50. The molecule has 25 heavy (non-hydrogen) atoms. The van der Waals surface area contributed by atoms with Crippen LogP contribution in [0, 0.1) is 0 Å². The number of phenolic OH excluding ortho intramolecular Hbond substituents is 1. The van der Waals surface area contributed by atoms with Crippen LogP contribution in [0.4, 0.5) is 11.4 Å². The molecule has 3 rings (SSSR count). The van der Waals surface area contributed by atoms with Gasteiger partial charge >= 0.3 is 0 Å². The topological polar surface area (TPSA) is 86.7 Å². The Kier molecular flexibility index (Phi) is 4.59. The van der Waals surface area contributed by atoms with Gasteiger partial charge in [-0.1, -0.05) is 22.9 Å². The third kappa shape index (κ3) is 3.15. The van der Waals surface area contributed by atoms with Gasteiger partial charge in [0.1, 0.15) is 11.8 Å². The van der Waals surface area contributed by atoms with E-state index < -0.39 is 23.6 Å². The van der Waals surface area contributed by atoms with Crippen LogP contribution in [0.15, 0.2) is 46.9 Å². The summed E-state index contributed by atoms with van der Waals surface area (Å²) < 4.78 is 0.691. The van der Waals surface area contributed by atoms with Crippen molar-refractivity contribution >= 4 is 44.9 Å². The van der Waals surface area contributed by atoms with Crippen molar-refractivity contribution in [2.45, 2.75) is 19.4 Å². The Balaban J connectivity index is 1.90. The average Bonchev–Trinajstić information content (AvgIpc) is 2.83. The third-order valence-electron chi connectivity index (χ3n) is 4.01. The summed E-state index contributed by atoms with van der Waals surface area (Å²) in [5.74, 6) is -1.64. The molecule has 0 spiro atoms. The molecule has 2 N–H and O–H groups in total. The molecule has 0 aliphatic carbocycles. The molecule has 2 aromatic rings. The predicted molar refractivity (Wildman–Crippen MR) is 96.8 cm³/mol. The van der Waals surface area contributed by atoms with E-state index in [1.165, 1.54) is 17.0 Å². The monoisotopic (exact) mass is 402 g/mol. The van der Waals surface area contributed by atoms with E-state index in [-0.39, 0.29) is 11.3 Å². The van der Waals surface area contributed by atoms with Crippen LogP contribution in [0.5, 0.6) is 5.75 Å². The van der Waals surface area contributed by atoms with Crippen LogP contribution < -0.4 is 10.2 Å². The fraction of sp³-hybridized carbons (Fsp3) is 0.167. The molecule has 128 valence electrons. The predicted octanol–water partition coefficient (Wildman–Crippen LogP) is 3.10. The molecule has 0 aromatic heterocycles. The van der Waals surface area contributed by atoms with Crippen molar-refractivity contribution in [2.75, 3.05) is 10.2 Å².